The van der Waals surface area contributed by atoms with E-state index in [1.165, 1.54) is 11.9 Å². The lowest BCUT2D eigenvalue weighted by molar-refractivity contribution is -0.141. The quantitative estimate of drug-likeness (QED) is 0.442. The summed E-state index contributed by atoms with van der Waals surface area (Å²) in [5, 5.41) is 9.25. The van der Waals surface area contributed by atoms with Crippen molar-refractivity contribution in [3.05, 3.63) is 90.0 Å². The zero-order valence-electron chi connectivity index (χ0n) is 20.9. The Hall–Kier alpha value is -4.17. The first-order chi connectivity index (χ1) is 17.9. The highest BCUT2D eigenvalue weighted by atomic mass is 16.6. The second-order valence-electron chi connectivity index (χ2n) is 8.87. The molecule has 0 radical (unpaired) electrons. The zero-order valence-corrected chi connectivity index (χ0v) is 20.9. The van der Waals surface area contributed by atoms with E-state index in [2.05, 4.69) is 0 Å². The number of imide groups is 1. The fourth-order valence-electron chi connectivity index (χ4n) is 4.39. The number of carbonyl (C=O) groups excluding carboxylic acids is 2. The Morgan fingerprint density at radius 1 is 1.03 bits per heavy atom. The van der Waals surface area contributed by atoms with Gasteiger partial charge < -0.3 is 14.6 Å². The SMILES string of the molecule is CCOC(Cc1ccc(-c2cccc(N(C)C(=O)O)c2)cc1)C(=O)N1C(=O)OCC1Cc1ccccc1. The summed E-state index contributed by atoms with van der Waals surface area (Å²) in [4.78, 5) is 39.6. The number of amides is 3. The number of cyclic esters (lactones) is 1. The summed E-state index contributed by atoms with van der Waals surface area (Å²) in [6, 6.07) is 24.2. The van der Waals surface area contributed by atoms with E-state index in [1.54, 1.807) is 6.07 Å². The molecule has 3 aromatic rings. The summed E-state index contributed by atoms with van der Waals surface area (Å²) in [6.45, 7) is 2.29. The van der Waals surface area contributed by atoms with E-state index < -0.39 is 24.2 Å². The van der Waals surface area contributed by atoms with Gasteiger partial charge >= 0.3 is 12.2 Å². The summed E-state index contributed by atoms with van der Waals surface area (Å²) < 4.78 is 11.0. The normalized spacial score (nSPS) is 15.8. The summed E-state index contributed by atoms with van der Waals surface area (Å²) in [5.74, 6) is -0.404. The molecule has 2 atom stereocenters. The standard InChI is InChI=1S/C29H30N2O6/c1-3-36-26(27(32)31-25(19-37-29(31)35)16-20-8-5-4-6-9-20)17-21-12-14-22(15-13-21)23-10-7-11-24(18-23)30(2)28(33)34/h4-15,18,25-26H,3,16-17,19H2,1-2H3,(H,33,34). The molecule has 1 N–H and O–H groups in total. The molecule has 3 aromatic carbocycles. The van der Waals surface area contributed by atoms with Gasteiger partial charge in [0.1, 0.15) is 12.7 Å². The molecule has 1 aliphatic rings. The van der Waals surface area contributed by atoms with Crippen LogP contribution in [0, 0.1) is 0 Å². The Bertz CT molecular complexity index is 1240. The lowest BCUT2D eigenvalue weighted by atomic mass is 10.00. The molecule has 1 saturated heterocycles. The number of carbonyl (C=O) groups is 3. The van der Waals surface area contributed by atoms with E-state index in [0.717, 1.165) is 27.2 Å². The minimum absolute atomic E-state index is 0.156. The third kappa shape index (κ3) is 6.16. The van der Waals surface area contributed by atoms with Gasteiger partial charge in [-0.1, -0.05) is 66.7 Å². The molecule has 8 nitrogen and oxygen atoms in total. The van der Waals surface area contributed by atoms with Gasteiger partial charge in [0.2, 0.25) is 0 Å². The molecule has 4 rings (SSSR count). The number of rotatable bonds is 9. The maximum Gasteiger partial charge on any atom is 0.417 e. The Balaban J connectivity index is 1.48. The third-order valence-electron chi connectivity index (χ3n) is 6.38. The molecular weight excluding hydrogens is 472 g/mol. The van der Waals surface area contributed by atoms with Crippen molar-refractivity contribution in [1.29, 1.82) is 0 Å². The molecule has 0 saturated carbocycles. The lowest BCUT2D eigenvalue weighted by Crippen LogP contribution is -2.47. The van der Waals surface area contributed by atoms with Crippen LogP contribution in [0.5, 0.6) is 0 Å². The monoisotopic (exact) mass is 502 g/mol. The molecule has 3 amide bonds. The molecule has 1 aliphatic heterocycles. The van der Waals surface area contributed by atoms with Crippen LogP contribution in [-0.4, -0.2) is 60.5 Å². The van der Waals surface area contributed by atoms with Gasteiger partial charge in [-0.15, -0.1) is 0 Å². The summed E-state index contributed by atoms with van der Waals surface area (Å²) >= 11 is 0. The fourth-order valence-corrected chi connectivity index (χ4v) is 4.39. The molecule has 1 heterocycles. The minimum atomic E-state index is -1.04. The highest BCUT2D eigenvalue weighted by Crippen LogP contribution is 2.26. The van der Waals surface area contributed by atoms with E-state index in [0.29, 0.717) is 25.1 Å². The van der Waals surface area contributed by atoms with Crippen molar-refractivity contribution in [3.8, 4) is 11.1 Å². The van der Waals surface area contributed by atoms with Gasteiger partial charge in [0.15, 0.2) is 0 Å². The van der Waals surface area contributed by atoms with E-state index in [-0.39, 0.29) is 12.6 Å². The molecule has 0 spiro atoms. The molecule has 0 aliphatic carbocycles. The van der Waals surface area contributed by atoms with Crippen molar-refractivity contribution in [2.24, 2.45) is 0 Å². The van der Waals surface area contributed by atoms with Crippen LogP contribution in [0.3, 0.4) is 0 Å². The van der Waals surface area contributed by atoms with Crippen LogP contribution in [0.25, 0.3) is 11.1 Å². The molecule has 37 heavy (non-hydrogen) atoms. The predicted molar refractivity (Wildman–Crippen MR) is 140 cm³/mol. The number of nitrogens with zero attached hydrogens (tertiary/aromatic N) is 2. The van der Waals surface area contributed by atoms with E-state index in [1.807, 2.05) is 79.7 Å². The number of hydrogen-bond acceptors (Lipinski definition) is 5. The van der Waals surface area contributed by atoms with Gasteiger partial charge in [0.05, 0.1) is 6.04 Å². The van der Waals surface area contributed by atoms with Crippen molar-refractivity contribution in [1.82, 2.24) is 4.90 Å². The molecule has 2 unspecified atom stereocenters. The highest BCUT2D eigenvalue weighted by molar-refractivity contribution is 5.96. The first kappa shape index (κ1) is 25.9. The number of ether oxygens (including phenoxy) is 2. The molecule has 0 bridgehead atoms. The van der Waals surface area contributed by atoms with Crippen molar-refractivity contribution in [2.75, 3.05) is 25.2 Å². The molecule has 8 heteroatoms. The van der Waals surface area contributed by atoms with E-state index in [9.17, 15) is 19.5 Å². The van der Waals surface area contributed by atoms with Crippen LogP contribution in [0.4, 0.5) is 15.3 Å². The largest absolute Gasteiger partial charge is 0.465 e. The lowest BCUT2D eigenvalue weighted by Gasteiger charge is -2.25. The minimum Gasteiger partial charge on any atom is -0.465 e. The van der Waals surface area contributed by atoms with Gasteiger partial charge in [-0.3, -0.25) is 9.69 Å². The van der Waals surface area contributed by atoms with Gasteiger partial charge in [-0.05, 0) is 47.7 Å². The Labute approximate surface area is 216 Å². The average molecular weight is 503 g/mol. The number of carboxylic acid groups (broad SMARTS) is 1. The highest BCUT2D eigenvalue weighted by Gasteiger charge is 2.41. The number of hydrogen-bond donors (Lipinski definition) is 1. The van der Waals surface area contributed by atoms with Crippen LogP contribution < -0.4 is 4.90 Å². The van der Waals surface area contributed by atoms with Crippen molar-refractivity contribution < 1.29 is 29.0 Å². The van der Waals surface area contributed by atoms with Gasteiger partial charge in [0.25, 0.3) is 5.91 Å². The summed E-state index contributed by atoms with van der Waals surface area (Å²) in [7, 11) is 1.50. The van der Waals surface area contributed by atoms with Crippen LogP contribution in [0.1, 0.15) is 18.1 Å². The summed E-state index contributed by atoms with van der Waals surface area (Å²) in [6.07, 6.45) is -1.69. The van der Waals surface area contributed by atoms with Gasteiger partial charge in [-0.2, -0.15) is 0 Å². The Morgan fingerprint density at radius 2 is 1.76 bits per heavy atom. The second kappa shape index (κ2) is 11.7. The fraction of sp³-hybridized carbons (Fsp3) is 0.276. The number of anilines is 1. The van der Waals surface area contributed by atoms with Crippen LogP contribution in [0.2, 0.25) is 0 Å². The molecule has 1 fully saturated rings. The zero-order chi connectivity index (χ0) is 26.4. The Morgan fingerprint density at radius 3 is 2.43 bits per heavy atom. The maximum absolute atomic E-state index is 13.4. The smallest absolute Gasteiger partial charge is 0.417 e. The predicted octanol–water partition coefficient (Wildman–Crippen LogP) is 5.01. The molecular formula is C29H30N2O6. The topological polar surface area (TPSA) is 96.4 Å². The third-order valence-corrected chi connectivity index (χ3v) is 6.38. The van der Waals surface area contributed by atoms with Crippen LogP contribution in [0.15, 0.2) is 78.9 Å². The molecule has 0 aromatic heterocycles. The first-order valence-electron chi connectivity index (χ1n) is 12.2. The first-order valence-corrected chi connectivity index (χ1v) is 12.2. The van der Waals surface area contributed by atoms with Gasteiger partial charge in [-0.25, -0.2) is 14.5 Å². The second-order valence-corrected chi connectivity index (χ2v) is 8.87. The molecule has 192 valence electrons. The van der Waals surface area contributed by atoms with E-state index in [4.69, 9.17) is 9.47 Å². The van der Waals surface area contributed by atoms with E-state index >= 15 is 0 Å². The van der Waals surface area contributed by atoms with Crippen molar-refractivity contribution >= 4 is 23.8 Å². The number of benzene rings is 3. The summed E-state index contributed by atoms with van der Waals surface area (Å²) in [5.41, 5.74) is 4.25. The van der Waals surface area contributed by atoms with Gasteiger partial charge in [0, 0.05) is 25.8 Å². The van der Waals surface area contributed by atoms with Crippen LogP contribution in [-0.2, 0) is 27.1 Å². The van der Waals surface area contributed by atoms with Crippen molar-refractivity contribution in [3.63, 3.8) is 0 Å². The average Bonchev–Trinajstić information content (AvgIpc) is 3.28. The van der Waals surface area contributed by atoms with Crippen LogP contribution >= 0.6 is 0 Å². The maximum atomic E-state index is 13.4. The Kier molecular flexibility index (Phi) is 8.20. The van der Waals surface area contributed by atoms with Crippen molar-refractivity contribution in [2.45, 2.75) is 31.9 Å².